The van der Waals surface area contributed by atoms with E-state index < -0.39 is 40.7 Å². The molecule has 8 heteroatoms. The minimum absolute atomic E-state index is 0.0974. The Morgan fingerprint density at radius 1 is 1.03 bits per heavy atom. The van der Waals surface area contributed by atoms with Crippen LogP contribution >= 0.6 is 0 Å². The molecular formula is C24H21F2N3O3. The topological polar surface area (TPSA) is 75.4 Å². The molecule has 6 nitrogen and oxygen atoms in total. The van der Waals surface area contributed by atoms with E-state index in [0.717, 1.165) is 12.6 Å². The van der Waals surface area contributed by atoms with Crippen molar-refractivity contribution in [2.24, 2.45) is 0 Å². The van der Waals surface area contributed by atoms with E-state index in [0.29, 0.717) is 17.5 Å². The Labute approximate surface area is 182 Å². The second kappa shape index (κ2) is 7.55. The Bertz CT molecular complexity index is 1260. The Hall–Kier alpha value is -3.55. The Morgan fingerprint density at radius 3 is 2.50 bits per heavy atom. The van der Waals surface area contributed by atoms with Gasteiger partial charge in [0.05, 0.1) is 18.3 Å². The van der Waals surface area contributed by atoms with Crippen molar-refractivity contribution in [3.63, 3.8) is 0 Å². The molecule has 0 spiro atoms. The normalized spacial score (nSPS) is 23.0. The van der Waals surface area contributed by atoms with Crippen LogP contribution in [0.15, 0.2) is 59.5 Å². The van der Waals surface area contributed by atoms with Crippen LogP contribution in [-0.2, 0) is 0 Å². The van der Waals surface area contributed by atoms with Gasteiger partial charge in [-0.1, -0.05) is 24.3 Å². The highest BCUT2D eigenvalue weighted by molar-refractivity contribution is 5.96. The molecule has 0 saturated carbocycles. The highest BCUT2D eigenvalue weighted by Crippen LogP contribution is 2.47. The molecule has 3 aromatic rings. The number of nitrogens with zero attached hydrogens (tertiary/aromatic N) is 3. The maximum atomic E-state index is 14.3. The first kappa shape index (κ1) is 20.4. The smallest absolute Gasteiger partial charge is 0.276 e. The number of hydrogen-bond acceptors (Lipinski definition) is 4. The van der Waals surface area contributed by atoms with E-state index in [1.165, 1.54) is 28.9 Å². The predicted molar refractivity (Wildman–Crippen MR) is 112 cm³/mol. The quantitative estimate of drug-likeness (QED) is 0.679. The molecule has 0 unspecified atom stereocenters. The zero-order valence-electron chi connectivity index (χ0n) is 17.3. The van der Waals surface area contributed by atoms with E-state index >= 15 is 0 Å². The van der Waals surface area contributed by atoms with E-state index in [-0.39, 0.29) is 17.8 Å². The van der Waals surface area contributed by atoms with Crippen LogP contribution in [0.1, 0.15) is 53.3 Å². The zero-order valence-corrected chi connectivity index (χ0v) is 17.3. The summed E-state index contributed by atoms with van der Waals surface area (Å²) < 4.78 is 29.4. The average Bonchev–Trinajstić information content (AvgIpc) is 3.16. The molecule has 0 radical (unpaired) electrons. The lowest BCUT2D eigenvalue weighted by molar-refractivity contribution is 0.0491. The third-order valence-corrected chi connectivity index (χ3v) is 6.59. The molecule has 1 N–H and O–H groups in total. The number of fused-ring (bicyclic) bond motifs is 2. The third kappa shape index (κ3) is 3.09. The van der Waals surface area contributed by atoms with Gasteiger partial charge < -0.3 is 10.0 Å². The summed E-state index contributed by atoms with van der Waals surface area (Å²) in [6.07, 6.45) is 2.41. The molecule has 5 rings (SSSR count). The summed E-state index contributed by atoms with van der Waals surface area (Å²) in [5, 5.41) is 14.7. The van der Waals surface area contributed by atoms with Gasteiger partial charge in [0.2, 0.25) is 5.43 Å². The van der Waals surface area contributed by atoms with E-state index in [1.54, 1.807) is 29.2 Å². The van der Waals surface area contributed by atoms with Crippen LogP contribution in [0.25, 0.3) is 0 Å². The van der Waals surface area contributed by atoms with Gasteiger partial charge in [-0.15, -0.1) is 0 Å². The fourth-order valence-electron chi connectivity index (χ4n) is 5.19. The average molecular weight is 437 g/mol. The maximum Gasteiger partial charge on any atom is 0.276 e. The van der Waals surface area contributed by atoms with Crippen LogP contribution in [0.4, 0.5) is 8.78 Å². The Kier molecular flexibility index (Phi) is 4.80. The van der Waals surface area contributed by atoms with Crippen LogP contribution in [0.3, 0.4) is 0 Å². The molecule has 4 atom stereocenters. The Morgan fingerprint density at radius 2 is 1.78 bits per heavy atom. The molecule has 3 heterocycles. The number of aromatic hydroxyl groups is 1. The number of aromatic nitrogens is 2. The summed E-state index contributed by atoms with van der Waals surface area (Å²) in [4.78, 5) is 27.1. The number of carbonyl (C=O) groups excluding carboxylic acids is 1. The molecule has 1 amide bonds. The highest BCUT2D eigenvalue weighted by atomic mass is 19.1. The standard InChI is InChI=1S/C24H21F2N3O3/c1-13-5-10-18-21(29-22(24(32)28(13)18)23(31)19(30)12-27-29)20(14-6-8-16(25)9-7-14)15-3-2-4-17(26)11-15/h2-4,6-9,11-13,18,20-21,31H,5,10H2,1H3/t13-,18-,20-,21-/m1/s1. The van der Waals surface area contributed by atoms with Crippen molar-refractivity contribution in [1.82, 2.24) is 14.7 Å². The SMILES string of the molecule is C[C@@H]1CC[C@@H]2[C@H]([C@H](c3ccc(F)cc3)c3cccc(F)c3)n3ncc(=O)c(O)c3C(=O)N12. The fourth-order valence-corrected chi connectivity index (χ4v) is 5.19. The highest BCUT2D eigenvalue weighted by Gasteiger charge is 2.50. The molecule has 2 aliphatic rings. The number of rotatable bonds is 3. The van der Waals surface area contributed by atoms with Gasteiger partial charge in [-0.05, 0) is 55.2 Å². The summed E-state index contributed by atoms with van der Waals surface area (Å²) in [6.45, 7) is 1.92. The monoisotopic (exact) mass is 437 g/mol. The minimum Gasteiger partial charge on any atom is -0.502 e. The summed E-state index contributed by atoms with van der Waals surface area (Å²) in [7, 11) is 0. The molecule has 1 saturated heterocycles. The van der Waals surface area contributed by atoms with E-state index in [2.05, 4.69) is 5.10 Å². The van der Waals surface area contributed by atoms with Crippen molar-refractivity contribution in [2.75, 3.05) is 0 Å². The first-order valence-electron chi connectivity index (χ1n) is 10.5. The number of hydrogen-bond donors (Lipinski definition) is 1. The van der Waals surface area contributed by atoms with Crippen LogP contribution < -0.4 is 5.43 Å². The van der Waals surface area contributed by atoms with Crippen molar-refractivity contribution in [2.45, 2.75) is 43.8 Å². The summed E-state index contributed by atoms with van der Waals surface area (Å²) in [6, 6.07) is 11.1. The third-order valence-electron chi connectivity index (χ3n) is 6.59. The van der Waals surface area contributed by atoms with Crippen LogP contribution in [-0.4, -0.2) is 37.8 Å². The lowest BCUT2D eigenvalue weighted by Crippen LogP contribution is -2.52. The second-order valence-electron chi connectivity index (χ2n) is 8.43. The van der Waals surface area contributed by atoms with Crippen molar-refractivity contribution in [1.29, 1.82) is 0 Å². The van der Waals surface area contributed by atoms with Crippen LogP contribution in [0, 0.1) is 11.6 Å². The summed E-state index contributed by atoms with van der Waals surface area (Å²) in [5.41, 5.74) is 0.428. The van der Waals surface area contributed by atoms with Gasteiger partial charge in [0.15, 0.2) is 11.4 Å². The number of halogens is 2. The molecule has 1 aromatic heterocycles. The molecular weight excluding hydrogens is 416 g/mol. The lowest BCUT2D eigenvalue weighted by Gasteiger charge is -2.43. The molecule has 2 aliphatic heterocycles. The second-order valence-corrected chi connectivity index (χ2v) is 8.43. The minimum atomic E-state index is -0.738. The van der Waals surface area contributed by atoms with E-state index in [9.17, 15) is 23.5 Å². The molecule has 0 bridgehead atoms. The largest absolute Gasteiger partial charge is 0.502 e. The van der Waals surface area contributed by atoms with Gasteiger partial charge in [0.25, 0.3) is 5.91 Å². The molecule has 164 valence electrons. The van der Waals surface area contributed by atoms with Crippen LogP contribution in [0.2, 0.25) is 0 Å². The molecule has 2 aromatic carbocycles. The van der Waals surface area contributed by atoms with Gasteiger partial charge >= 0.3 is 0 Å². The van der Waals surface area contributed by atoms with Crippen LogP contribution in [0.5, 0.6) is 5.75 Å². The van der Waals surface area contributed by atoms with Gasteiger partial charge in [-0.2, -0.15) is 5.10 Å². The predicted octanol–water partition coefficient (Wildman–Crippen LogP) is 3.61. The van der Waals surface area contributed by atoms with Crippen molar-refractivity contribution < 1.29 is 18.7 Å². The molecule has 0 aliphatic carbocycles. The number of amides is 1. The van der Waals surface area contributed by atoms with Crippen molar-refractivity contribution in [3.8, 4) is 5.75 Å². The maximum absolute atomic E-state index is 14.3. The molecule has 1 fully saturated rings. The fraction of sp³-hybridized carbons (Fsp3) is 0.292. The Balaban J connectivity index is 1.79. The molecule has 32 heavy (non-hydrogen) atoms. The van der Waals surface area contributed by atoms with Crippen molar-refractivity contribution >= 4 is 5.91 Å². The zero-order chi connectivity index (χ0) is 22.6. The lowest BCUT2D eigenvalue weighted by atomic mass is 9.80. The van der Waals surface area contributed by atoms with Gasteiger partial charge in [0, 0.05) is 12.0 Å². The number of carbonyl (C=O) groups is 1. The summed E-state index contributed by atoms with van der Waals surface area (Å²) in [5.74, 6) is -2.43. The summed E-state index contributed by atoms with van der Waals surface area (Å²) >= 11 is 0. The van der Waals surface area contributed by atoms with Crippen molar-refractivity contribution in [3.05, 3.63) is 93.4 Å². The first-order chi connectivity index (χ1) is 15.4. The van der Waals surface area contributed by atoms with Gasteiger partial charge in [0.1, 0.15) is 11.6 Å². The van der Waals surface area contributed by atoms with Gasteiger partial charge in [-0.3, -0.25) is 14.3 Å². The van der Waals surface area contributed by atoms with Gasteiger partial charge in [-0.25, -0.2) is 8.78 Å². The van der Waals surface area contributed by atoms with E-state index in [1.807, 2.05) is 6.92 Å². The first-order valence-corrected chi connectivity index (χ1v) is 10.5. The van der Waals surface area contributed by atoms with E-state index in [4.69, 9.17) is 0 Å². The number of benzene rings is 2.